The van der Waals surface area contributed by atoms with Gasteiger partial charge in [-0.3, -0.25) is 14.6 Å². The first-order valence-corrected chi connectivity index (χ1v) is 45.2. The largest absolute Gasteiger partial charge is 0.512 e. The molecule has 19 rings (SSSR count). The summed E-state index contributed by atoms with van der Waals surface area (Å²) in [6, 6.07) is 91.6. The van der Waals surface area contributed by atoms with Gasteiger partial charge in [0.1, 0.15) is 40.5 Å². The SMILES string of the molecule is CC(C)(C)C(=O)C=C(O)C(C)(C)C.CC(C)c1ccnc(-c2[c-]ccc3ccccc23)c1.FC(F)(F)c1c[c-]c(-c2nnc(-c3ccccn3)nn2)cc1.O=C(C=C(O)c1ccccc1)c1ccccc1.[Ir].[Ir].[Ir].[Ir].[c-]1ccccc1-c1ccccn1.[c-]1ccsc1-c1nnc(-c2cccs2)nn1.[c-]1ccsc1-c1nnc(-c2cccs2)nn1.[c-]1ccsc1-c1nnc(-c2cccs2)nn1. The van der Waals surface area contributed by atoms with Crippen molar-refractivity contribution in [2.45, 2.75) is 67.5 Å². The molecular weight excluding hydrogens is 2540 g/mol. The van der Waals surface area contributed by atoms with Crippen LogP contribution in [0.1, 0.15) is 88.4 Å². The van der Waals surface area contributed by atoms with Gasteiger partial charge < -0.3 is 20.2 Å². The predicted molar refractivity (Wildman–Crippen MR) is 510 cm³/mol. The van der Waals surface area contributed by atoms with Gasteiger partial charge in [-0.25, -0.2) is 34.0 Å². The Hall–Kier alpha value is -12.2. The number of halogens is 3. The first-order chi connectivity index (χ1) is 63.4. The molecule has 0 bridgehead atoms. The number of aromatic nitrogens is 19. The minimum absolute atomic E-state index is 0. The zero-order valence-corrected chi connectivity index (χ0v) is 87.1. The van der Waals surface area contributed by atoms with E-state index < -0.39 is 17.2 Å². The van der Waals surface area contributed by atoms with E-state index in [0.717, 1.165) is 63.9 Å². The second-order valence-electron chi connectivity index (χ2n) is 29.6. The summed E-state index contributed by atoms with van der Waals surface area (Å²) in [4.78, 5) is 41.6. The third-order valence-electron chi connectivity index (χ3n) is 17.7. The molecule has 4 radical (unpaired) electrons. The van der Waals surface area contributed by atoms with E-state index in [2.05, 4.69) is 189 Å². The summed E-state index contributed by atoms with van der Waals surface area (Å²) >= 11 is 9.27. The van der Waals surface area contributed by atoms with Crippen LogP contribution in [0.3, 0.4) is 0 Å². The molecule has 13 heterocycles. The van der Waals surface area contributed by atoms with Crippen LogP contribution in [0.2, 0.25) is 0 Å². The number of allylic oxidation sites excluding steroid dienone is 3. The van der Waals surface area contributed by atoms with Crippen LogP contribution in [0.15, 0.2) is 311 Å². The fourth-order valence-electron chi connectivity index (χ4n) is 10.7. The Morgan fingerprint density at radius 2 is 0.807 bits per heavy atom. The molecule has 23 nitrogen and oxygen atoms in total. The maximum atomic E-state index is 12.5. The smallest absolute Gasteiger partial charge is 0.381 e. The molecule has 0 saturated carbocycles. The van der Waals surface area contributed by atoms with Gasteiger partial charge in [0.15, 0.2) is 11.6 Å². The predicted octanol–water partition coefficient (Wildman–Crippen LogP) is 24.3. The van der Waals surface area contributed by atoms with Gasteiger partial charge in [0, 0.05) is 133 Å². The molecule has 0 fully saturated rings. The Kier molecular flexibility index (Phi) is 43.5. The molecule has 0 aliphatic carbocycles. The van der Waals surface area contributed by atoms with Crippen LogP contribution in [0.5, 0.6) is 0 Å². The Balaban J connectivity index is 0.000000190. The molecule has 6 aromatic carbocycles. The number of alkyl halides is 3. The van der Waals surface area contributed by atoms with E-state index >= 15 is 0 Å². The second-order valence-corrected chi connectivity index (χ2v) is 35.2. The number of fused-ring (bicyclic) bond motifs is 1. The maximum absolute atomic E-state index is 12.5. The third-order valence-corrected chi connectivity index (χ3v) is 22.7. The fraction of sp³-hybridized carbons (Fsp3) is 0.121. The van der Waals surface area contributed by atoms with Crippen LogP contribution >= 0.6 is 68.0 Å². The van der Waals surface area contributed by atoms with Gasteiger partial charge in [-0.05, 0) is 81.5 Å². The number of carbonyl (C=O) groups is 2. The topological polar surface area (TPSA) is 320 Å². The van der Waals surface area contributed by atoms with Crippen molar-refractivity contribution in [3.05, 3.63) is 370 Å². The molecule has 0 aliphatic rings. The van der Waals surface area contributed by atoms with Crippen LogP contribution in [0.4, 0.5) is 13.2 Å². The Morgan fingerprint density at radius 1 is 0.363 bits per heavy atom. The van der Waals surface area contributed by atoms with Crippen molar-refractivity contribution in [2.75, 3.05) is 0 Å². The van der Waals surface area contributed by atoms with E-state index in [1.807, 2.05) is 207 Å². The number of thiophene rings is 6. The monoisotopic (exact) mass is 2620 g/mol. The molecule has 13 aromatic heterocycles. The zero-order valence-electron chi connectivity index (χ0n) is 72.6. The quantitative estimate of drug-likeness (QED) is 0.0417. The number of rotatable bonds is 15. The summed E-state index contributed by atoms with van der Waals surface area (Å²) in [6.45, 7) is 15.5. The van der Waals surface area contributed by atoms with Gasteiger partial charge in [0.05, 0.1) is 14.6 Å². The summed E-state index contributed by atoms with van der Waals surface area (Å²) in [6.07, 6.45) is 3.42. The number of benzene rings is 6. The fourth-order valence-corrected chi connectivity index (χ4v) is 14.4. The summed E-state index contributed by atoms with van der Waals surface area (Å²) in [5.74, 6) is 3.99. The number of carbonyl (C=O) groups excluding carboxylic acids is 2. The van der Waals surface area contributed by atoms with Crippen molar-refractivity contribution in [3.63, 3.8) is 0 Å². The second kappa shape index (κ2) is 54.4. The molecule has 0 saturated heterocycles. The number of pyridine rings is 3. The Bertz CT molecular complexity index is 6250. The van der Waals surface area contributed by atoms with Crippen molar-refractivity contribution in [3.8, 4) is 110 Å². The Morgan fingerprint density at radius 3 is 1.22 bits per heavy atom. The minimum atomic E-state index is -4.41. The molecule has 19 aromatic rings. The van der Waals surface area contributed by atoms with Gasteiger partial charge in [-0.2, -0.15) is 90.4 Å². The summed E-state index contributed by atoms with van der Waals surface area (Å²) in [7, 11) is 0. The van der Waals surface area contributed by atoms with Crippen molar-refractivity contribution < 1.29 is 113 Å². The van der Waals surface area contributed by atoms with Gasteiger partial charge in [-0.1, -0.05) is 208 Å². The van der Waals surface area contributed by atoms with Crippen LogP contribution < -0.4 is 0 Å². The third kappa shape index (κ3) is 33.4. The summed E-state index contributed by atoms with van der Waals surface area (Å²) in [5, 5.41) is 97.4. The van der Waals surface area contributed by atoms with Crippen molar-refractivity contribution in [1.29, 1.82) is 0 Å². The maximum Gasteiger partial charge on any atom is 0.381 e. The molecule has 0 aliphatic heterocycles. The average Bonchev–Trinajstić information content (AvgIpc) is 1.55. The number of aliphatic hydroxyl groups is 2. The first-order valence-electron chi connectivity index (χ1n) is 39.9. The molecule has 36 heteroatoms. The van der Waals surface area contributed by atoms with Crippen molar-refractivity contribution >= 4 is 96.1 Å². The molecule has 2 N–H and O–H groups in total. The number of ketones is 2. The van der Waals surface area contributed by atoms with Crippen molar-refractivity contribution in [1.82, 2.24) is 96.5 Å². The average molecular weight is 2620 g/mol. The van der Waals surface area contributed by atoms with Gasteiger partial charge in [0.2, 0.25) is 23.3 Å². The number of aliphatic hydroxyl groups excluding tert-OH is 2. The van der Waals surface area contributed by atoms with Gasteiger partial charge in [0.25, 0.3) is 0 Å². The first kappa shape index (κ1) is 108. The van der Waals surface area contributed by atoms with E-state index in [9.17, 15) is 33.0 Å². The van der Waals surface area contributed by atoms with Gasteiger partial charge in [-0.15, -0.1) is 186 Å². The summed E-state index contributed by atoms with van der Waals surface area (Å²) < 4.78 is 37.4. The van der Waals surface area contributed by atoms with Crippen LogP contribution in [-0.4, -0.2) is 118 Å². The van der Waals surface area contributed by atoms with E-state index in [1.165, 1.54) is 68.6 Å². The molecule has 0 atom stereocenters. The van der Waals surface area contributed by atoms with Gasteiger partial charge >= 0.3 is 6.18 Å². The Labute approximate surface area is 855 Å². The molecular formula is C99H78F3Ir4N19O4S6-6. The van der Waals surface area contributed by atoms with Crippen molar-refractivity contribution in [2.24, 2.45) is 10.8 Å². The molecule has 0 amide bonds. The van der Waals surface area contributed by atoms with E-state index in [0.29, 0.717) is 57.7 Å². The van der Waals surface area contributed by atoms with Crippen LogP contribution in [0.25, 0.3) is 126 Å². The zero-order chi connectivity index (χ0) is 92.4. The molecule has 135 heavy (non-hydrogen) atoms. The number of hydrogen-bond donors (Lipinski definition) is 2. The van der Waals surface area contributed by atoms with E-state index in [4.69, 9.17) is 0 Å². The van der Waals surface area contributed by atoms with E-state index in [-0.39, 0.29) is 126 Å². The normalized spacial score (nSPS) is 10.8. The van der Waals surface area contributed by atoms with E-state index in [1.54, 1.807) is 101 Å². The molecule has 692 valence electrons. The standard InChI is InChI=1S/C18H16N.C15H12O2.C14H7F3N5.C11H8N.C11H20O2.3C10H5N4S2.4Ir/c1-13(2)15-10-11-19-18(12-15)17-9-5-7-14-6-3-4-8-16(14)17;16-14(12-7-3-1-4-8-12)11-15(17)13-9-5-2-6-10-13;15-14(16,17)10-6-4-9(5-7-10)12-19-21-13(22-20-12)11-3-1-2-8-18-11;1-2-6-10(7-3-1)11-8-4-5-9-12-11;1-10(2,3)8(12)7-9(13)11(4,5)6;3*1-3-7(15-5-1)9-11-13-10(14-12-9)8-4-2-6-16-8;;;;/h3-8,10-13H,1-2H3;1-11,16H;1-4,6-8H;1-6,8-9H;7,12H,1-6H3;3*1-3,5-6H;;;;/q-1;;2*-1;;3*-1;;;;. The molecule has 0 spiro atoms. The van der Waals surface area contributed by atoms with Crippen LogP contribution in [-0.2, 0) is 91.4 Å². The number of nitrogens with zero attached hydrogens (tertiary/aromatic N) is 19. The van der Waals surface area contributed by atoms with Crippen LogP contribution in [0, 0.1) is 47.2 Å². The summed E-state index contributed by atoms with van der Waals surface area (Å²) in [5.41, 5.74) is 5.84. The molecule has 0 unspecified atom stereocenters. The minimum Gasteiger partial charge on any atom is -0.512 e. The number of hydrogen-bond acceptors (Lipinski definition) is 29.